The van der Waals surface area contributed by atoms with E-state index in [-0.39, 0.29) is 29.1 Å². The zero-order valence-corrected chi connectivity index (χ0v) is 16.3. The topological polar surface area (TPSA) is 76.0 Å². The number of ether oxygens (including phenoxy) is 2. The Kier molecular flexibility index (Phi) is 5.72. The van der Waals surface area contributed by atoms with Crippen LogP contribution in [0.5, 0.6) is 11.5 Å². The molecule has 0 radical (unpaired) electrons. The number of hydrogen-bond acceptors (Lipinski definition) is 5. The van der Waals surface area contributed by atoms with Crippen LogP contribution in [0.15, 0.2) is 30.3 Å². The van der Waals surface area contributed by atoms with Crippen molar-refractivity contribution in [3.63, 3.8) is 0 Å². The third-order valence-electron chi connectivity index (χ3n) is 5.12. The van der Waals surface area contributed by atoms with Gasteiger partial charge >= 0.3 is 0 Å². The number of aliphatic hydroxyl groups is 2. The highest BCUT2D eigenvalue weighted by Crippen LogP contribution is 2.35. The summed E-state index contributed by atoms with van der Waals surface area (Å²) in [5.74, 6) is 0.288. The molecule has 0 saturated carbocycles. The number of Topliss-reactive ketones (excluding diaryl/α,β-unsaturated/α-hetero) is 1. The van der Waals surface area contributed by atoms with Crippen LogP contribution in [0.2, 0.25) is 0 Å². The van der Waals surface area contributed by atoms with Gasteiger partial charge in [-0.1, -0.05) is 0 Å². The highest BCUT2D eigenvalue weighted by molar-refractivity contribution is 6.00. The molecule has 0 bridgehead atoms. The lowest BCUT2D eigenvalue weighted by molar-refractivity contribution is 0.0841. The first-order valence-corrected chi connectivity index (χ1v) is 9.21. The van der Waals surface area contributed by atoms with Crippen LogP contribution in [0.3, 0.4) is 0 Å². The predicted molar refractivity (Wildman–Crippen MR) is 102 cm³/mol. The van der Waals surface area contributed by atoms with Crippen LogP contribution < -0.4 is 9.47 Å². The number of carbonyl (C=O) groups excluding carboxylic acids is 1. The maximum absolute atomic E-state index is 15.1. The Morgan fingerprint density at radius 3 is 2.64 bits per heavy atom. The molecule has 2 N–H and O–H groups in total. The minimum absolute atomic E-state index is 0.0817. The first-order valence-electron chi connectivity index (χ1n) is 9.21. The summed E-state index contributed by atoms with van der Waals surface area (Å²) < 4.78 is 26.2. The minimum atomic E-state index is -1.91. The van der Waals surface area contributed by atoms with Crippen LogP contribution in [-0.4, -0.2) is 28.7 Å². The highest BCUT2D eigenvalue weighted by Gasteiger charge is 2.29. The maximum atomic E-state index is 15.1. The summed E-state index contributed by atoms with van der Waals surface area (Å²) in [4.78, 5) is 12.7. The lowest BCUT2D eigenvalue weighted by atomic mass is 9.91. The monoisotopic (exact) mass is 388 g/mol. The molecule has 1 unspecified atom stereocenters. The molecule has 2 aromatic carbocycles. The molecule has 0 spiro atoms. The highest BCUT2D eigenvalue weighted by atomic mass is 19.1. The fourth-order valence-corrected chi connectivity index (χ4v) is 3.49. The van der Waals surface area contributed by atoms with Crippen LogP contribution in [-0.2, 0) is 19.6 Å². The Hall–Kier alpha value is -2.44. The fraction of sp³-hybridized carbons (Fsp3) is 0.409. The van der Waals surface area contributed by atoms with Gasteiger partial charge in [-0.3, -0.25) is 4.79 Å². The van der Waals surface area contributed by atoms with Crippen molar-refractivity contribution in [3.8, 4) is 11.5 Å². The molecule has 1 aliphatic rings. The van der Waals surface area contributed by atoms with E-state index in [4.69, 9.17) is 9.47 Å². The van der Waals surface area contributed by atoms with Crippen LogP contribution in [0.25, 0.3) is 0 Å². The zero-order valence-electron chi connectivity index (χ0n) is 16.3. The molecular formula is C22H25FO5. The molecule has 1 aliphatic heterocycles. The van der Waals surface area contributed by atoms with Crippen molar-refractivity contribution in [3.05, 3.63) is 58.1 Å². The standard InChI is InChI=1S/C22H25FO5/c1-22(2)7-6-13-8-14(4-5-18(13)28-22)21(26)20(23)15-9-16(11-24)17(12-25)19(10-15)27-3/h4-5,8-10,20,24-25H,6-7,11-12H2,1-3H3. The Morgan fingerprint density at radius 1 is 1.25 bits per heavy atom. The Bertz CT molecular complexity index is 865. The van der Waals surface area contributed by atoms with Gasteiger partial charge in [-0.25, -0.2) is 4.39 Å². The van der Waals surface area contributed by atoms with Crippen molar-refractivity contribution < 1.29 is 28.9 Å². The summed E-state index contributed by atoms with van der Waals surface area (Å²) in [7, 11) is 1.39. The molecule has 6 heteroatoms. The van der Waals surface area contributed by atoms with E-state index in [0.29, 0.717) is 11.1 Å². The van der Waals surface area contributed by atoms with E-state index in [1.807, 2.05) is 13.8 Å². The smallest absolute Gasteiger partial charge is 0.201 e. The summed E-state index contributed by atoms with van der Waals surface area (Å²) in [5, 5.41) is 19.0. The molecule has 2 aromatic rings. The molecule has 28 heavy (non-hydrogen) atoms. The summed E-state index contributed by atoms with van der Waals surface area (Å²) in [6.07, 6.45) is -0.337. The molecule has 1 atom stereocenters. The second kappa shape index (κ2) is 7.89. The van der Waals surface area contributed by atoms with Gasteiger partial charge in [0.15, 0.2) is 6.17 Å². The number of carbonyl (C=O) groups is 1. The number of ketones is 1. The number of aryl methyl sites for hydroxylation is 1. The van der Waals surface area contributed by atoms with Gasteiger partial charge in [0.2, 0.25) is 5.78 Å². The van der Waals surface area contributed by atoms with E-state index in [9.17, 15) is 15.0 Å². The van der Waals surface area contributed by atoms with Crippen LogP contribution >= 0.6 is 0 Å². The van der Waals surface area contributed by atoms with Crippen molar-refractivity contribution in [1.29, 1.82) is 0 Å². The fourth-order valence-electron chi connectivity index (χ4n) is 3.49. The average molecular weight is 388 g/mol. The van der Waals surface area contributed by atoms with Crippen molar-refractivity contribution >= 4 is 5.78 Å². The predicted octanol–water partition coefficient (Wildman–Crippen LogP) is 3.68. The molecule has 5 nitrogen and oxygen atoms in total. The van der Waals surface area contributed by atoms with Crippen molar-refractivity contribution in [2.24, 2.45) is 0 Å². The first-order chi connectivity index (χ1) is 13.3. The van der Waals surface area contributed by atoms with Gasteiger partial charge in [0.05, 0.1) is 20.3 Å². The second-order valence-electron chi connectivity index (χ2n) is 7.59. The van der Waals surface area contributed by atoms with Gasteiger partial charge in [-0.15, -0.1) is 0 Å². The zero-order chi connectivity index (χ0) is 20.5. The van der Waals surface area contributed by atoms with E-state index in [2.05, 4.69) is 0 Å². The Labute approximate surface area is 163 Å². The van der Waals surface area contributed by atoms with Gasteiger partial charge < -0.3 is 19.7 Å². The van der Waals surface area contributed by atoms with E-state index < -0.39 is 18.6 Å². The molecule has 1 heterocycles. The first kappa shape index (κ1) is 20.3. The molecule has 0 fully saturated rings. The number of aliphatic hydroxyl groups excluding tert-OH is 2. The van der Waals surface area contributed by atoms with E-state index in [0.717, 1.165) is 24.2 Å². The van der Waals surface area contributed by atoms with E-state index in [1.54, 1.807) is 18.2 Å². The minimum Gasteiger partial charge on any atom is -0.496 e. The van der Waals surface area contributed by atoms with Gasteiger partial charge in [-0.05, 0) is 73.7 Å². The number of fused-ring (bicyclic) bond motifs is 1. The van der Waals surface area contributed by atoms with Gasteiger partial charge in [0.1, 0.15) is 17.1 Å². The van der Waals surface area contributed by atoms with E-state index in [1.165, 1.54) is 19.2 Å². The normalized spacial score (nSPS) is 16.1. The van der Waals surface area contributed by atoms with Crippen molar-refractivity contribution in [2.75, 3.05) is 7.11 Å². The summed E-state index contributed by atoms with van der Waals surface area (Å²) in [5.41, 5.74) is 1.69. The Morgan fingerprint density at radius 2 is 2.00 bits per heavy atom. The number of rotatable bonds is 6. The number of methoxy groups -OCH3 is 1. The van der Waals surface area contributed by atoms with Crippen LogP contribution in [0.4, 0.5) is 4.39 Å². The van der Waals surface area contributed by atoms with E-state index >= 15 is 4.39 Å². The quantitative estimate of drug-likeness (QED) is 0.739. The SMILES string of the molecule is COc1cc(C(F)C(=O)c2ccc3c(c2)CCC(C)(C)O3)cc(CO)c1CO. The third kappa shape index (κ3) is 3.88. The number of benzene rings is 2. The lowest BCUT2D eigenvalue weighted by Gasteiger charge is -2.32. The summed E-state index contributed by atoms with van der Waals surface area (Å²) in [6.45, 7) is 3.27. The molecule has 3 rings (SSSR count). The molecule has 0 aliphatic carbocycles. The van der Waals surface area contributed by atoms with Gasteiger partial charge in [0.25, 0.3) is 0 Å². The molecule has 150 valence electrons. The number of halogens is 1. The molecular weight excluding hydrogens is 363 g/mol. The van der Waals surface area contributed by atoms with Crippen molar-refractivity contribution in [2.45, 2.75) is 51.7 Å². The third-order valence-corrected chi connectivity index (χ3v) is 5.12. The number of hydrogen-bond donors (Lipinski definition) is 2. The summed E-state index contributed by atoms with van der Waals surface area (Å²) in [6, 6.07) is 7.75. The number of alkyl halides is 1. The maximum Gasteiger partial charge on any atom is 0.201 e. The average Bonchev–Trinajstić information content (AvgIpc) is 2.70. The Balaban J connectivity index is 1.91. The summed E-state index contributed by atoms with van der Waals surface area (Å²) >= 11 is 0. The largest absolute Gasteiger partial charge is 0.496 e. The molecule has 0 saturated heterocycles. The second-order valence-corrected chi connectivity index (χ2v) is 7.59. The van der Waals surface area contributed by atoms with Crippen molar-refractivity contribution in [1.82, 2.24) is 0 Å². The lowest BCUT2D eigenvalue weighted by Crippen LogP contribution is -2.32. The van der Waals surface area contributed by atoms with Crippen LogP contribution in [0, 0.1) is 0 Å². The van der Waals surface area contributed by atoms with Gasteiger partial charge in [-0.2, -0.15) is 0 Å². The van der Waals surface area contributed by atoms with Crippen LogP contribution in [0.1, 0.15) is 59.1 Å². The molecule has 0 aromatic heterocycles. The van der Waals surface area contributed by atoms with Gasteiger partial charge in [0, 0.05) is 11.1 Å². The molecule has 0 amide bonds.